The van der Waals surface area contributed by atoms with Crippen molar-refractivity contribution in [1.29, 1.82) is 10.5 Å². The lowest BCUT2D eigenvalue weighted by Gasteiger charge is -2.16. The van der Waals surface area contributed by atoms with Crippen molar-refractivity contribution in [3.8, 4) is 23.8 Å². The van der Waals surface area contributed by atoms with E-state index in [-0.39, 0.29) is 23.1 Å². The lowest BCUT2D eigenvalue weighted by atomic mass is 10.1. The molecule has 0 saturated heterocycles. The normalized spacial score (nSPS) is 11.1. The van der Waals surface area contributed by atoms with Crippen molar-refractivity contribution in [3.05, 3.63) is 69.6 Å². The molecule has 0 amide bonds. The molecule has 0 spiro atoms. The largest absolute Gasteiger partial charge is 0.438 e. The van der Waals surface area contributed by atoms with E-state index in [2.05, 4.69) is 21.4 Å². The minimum absolute atomic E-state index is 0.0842. The number of nitrogens with one attached hydrogen (secondary N) is 1. The summed E-state index contributed by atoms with van der Waals surface area (Å²) in [4.78, 5) is 9.15. The molecule has 0 aliphatic rings. The maximum absolute atomic E-state index is 13.6. The highest BCUT2D eigenvalue weighted by Crippen LogP contribution is 2.38. The van der Waals surface area contributed by atoms with Gasteiger partial charge in [-0.3, -0.25) is 0 Å². The molecule has 33 heavy (non-hydrogen) atoms. The molecule has 0 unspecified atom stereocenters. The van der Waals surface area contributed by atoms with E-state index in [4.69, 9.17) is 15.3 Å². The topological polar surface area (TPSA) is 94.6 Å². The third kappa shape index (κ3) is 4.43. The van der Waals surface area contributed by atoms with E-state index in [1.807, 2.05) is 0 Å². The molecule has 0 atom stereocenters. The number of benzene rings is 2. The van der Waals surface area contributed by atoms with E-state index >= 15 is 0 Å². The molecule has 2 aromatic carbocycles. The van der Waals surface area contributed by atoms with E-state index in [9.17, 15) is 13.2 Å². The first-order valence-electron chi connectivity index (χ1n) is 9.52. The molecule has 164 valence electrons. The monoisotopic (exact) mass is 465 g/mol. The van der Waals surface area contributed by atoms with Crippen molar-refractivity contribution < 1.29 is 17.9 Å². The summed E-state index contributed by atoms with van der Waals surface area (Å²) < 4.78 is 46.7. The molecule has 2 heterocycles. The Labute approximate surface area is 190 Å². The van der Waals surface area contributed by atoms with E-state index in [0.29, 0.717) is 21.5 Å². The van der Waals surface area contributed by atoms with Crippen LogP contribution in [0.15, 0.2) is 41.8 Å². The zero-order valence-corrected chi connectivity index (χ0v) is 18.1. The molecule has 4 rings (SSSR count). The number of aryl methyl sites for hydroxylation is 2. The van der Waals surface area contributed by atoms with Crippen molar-refractivity contribution in [3.63, 3.8) is 0 Å². The first-order valence-corrected chi connectivity index (χ1v) is 10.4. The Morgan fingerprint density at radius 1 is 0.970 bits per heavy atom. The van der Waals surface area contributed by atoms with Crippen LogP contribution in [0.1, 0.15) is 27.8 Å². The fourth-order valence-corrected chi connectivity index (χ4v) is 4.07. The van der Waals surface area contributed by atoms with E-state index in [1.54, 1.807) is 43.5 Å². The maximum atomic E-state index is 13.6. The lowest BCUT2D eigenvalue weighted by molar-refractivity contribution is -0.136. The van der Waals surface area contributed by atoms with Gasteiger partial charge in [-0.15, -0.1) is 11.3 Å². The van der Waals surface area contributed by atoms with E-state index in [1.165, 1.54) is 23.5 Å². The second-order valence-corrected chi connectivity index (χ2v) is 8.03. The highest BCUT2D eigenvalue weighted by molar-refractivity contribution is 7.16. The van der Waals surface area contributed by atoms with Gasteiger partial charge in [-0.2, -0.15) is 28.7 Å². The summed E-state index contributed by atoms with van der Waals surface area (Å²) in [5.41, 5.74) is 0.526. The Bertz CT molecular complexity index is 1440. The van der Waals surface area contributed by atoms with Crippen molar-refractivity contribution >= 4 is 33.2 Å². The quantitative estimate of drug-likeness (QED) is 0.365. The number of hydrogen-bond donors (Lipinski definition) is 1. The predicted molar refractivity (Wildman–Crippen MR) is 118 cm³/mol. The Morgan fingerprint density at radius 3 is 2.30 bits per heavy atom. The Kier molecular flexibility index (Phi) is 5.62. The van der Waals surface area contributed by atoms with Gasteiger partial charge in [0.1, 0.15) is 10.6 Å². The Balaban J connectivity index is 1.78. The molecule has 0 bridgehead atoms. The van der Waals surface area contributed by atoms with Crippen LogP contribution in [0.4, 0.5) is 24.8 Å². The van der Waals surface area contributed by atoms with Crippen LogP contribution in [0.25, 0.3) is 10.2 Å². The molecule has 4 aromatic rings. The number of halogens is 3. The number of fused-ring (bicyclic) bond motifs is 1. The first kappa shape index (κ1) is 22.1. The molecule has 6 nitrogen and oxygen atoms in total. The number of ether oxygens (including phenoxy) is 1. The highest BCUT2D eigenvalue weighted by Gasteiger charge is 2.34. The molecule has 2 aromatic heterocycles. The van der Waals surface area contributed by atoms with Gasteiger partial charge in [-0.25, -0.2) is 4.98 Å². The molecule has 0 fully saturated rings. The summed E-state index contributed by atoms with van der Waals surface area (Å²) in [5.74, 6) is 0.585. The summed E-state index contributed by atoms with van der Waals surface area (Å²) in [6, 6.07) is 12.1. The molecule has 0 aliphatic carbocycles. The molecular formula is C23H14F3N5OS. The third-order valence-corrected chi connectivity index (χ3v) is 5.59. The van der Waals surface area contributed by atoms with Gasteiger partial charge >= 0.3 is 6.18 Å². The van der Waals surface area contributed by atoms with Gasteiger partial charge in [0.2, 0.25) is 11.8 Å². The fraction of sp³-hybridized carbons (Fsp3) is 0.130. The summed E-state index contributed by atoms with van der Waals surface area (Å²) in [5, 5.41) is 23.1. The van der Waals surface area contributed by atoms with Gasteiger partial charge in [-0.05, 0) is 66.8 Å². The van der Waals surface area contributed by atoms with Gasteiger partial charge in [0.25, 0.3) is 0 Å². The number of aromatic nitrogens is 2. The summed E-state index contributed by atoms with van der Waals surface area (Å²) in [6.45, 7) is 3.58. The summed E-state index contributed by atoms with van der Waals surface area (Å²) in [7, 11) is 0. The number of anilines is 2. The second kappa shape index (κ2) is 8.41. The fourth-order valence-electron chi connectivity index (χ4n) is 3.31. The predicted octanol–water partition coefficient (Wildman–Crippen LogP) is 6.61. The number of alkyl halides is 3. The molecule has 10 heteroatoms. The lowest BCUT2D eigenvalue weighted by Crippen LogP contribution is -2.10. The van der Waals surface area contributed by atoms with Crippen LogP contribution in [-0.2, 0) is 6.18 Å². The average molecular weight is 465 g/mol. The Morgan fingerprint density at radius 2 is 1.67 bits per heavy atom. The molecular weight excluding hydrogens is 451 g/mol. The van der Waals surface area contributed by atoms with Gasteiger partial charge in [0.05, 0.1) is 39.9 Å². The van der Waals surface area contributed by atoms with Gasteiger partial charge in [0, 0.05) is 0 Å². The standard InChI is InChI=1S/C23H14F3N5OS/c1-12-7-15(11-28)8-13(2)19(12)32-20-16-5-6-33-21(16)31-22(30-20)29-18-4-3-14(10-27)9-17(18)23(24,25)26/h3-9H,1-2H3,(H,29,30,31). The van der Waals surface area contributed by atoms with E-state index in [0.717, 1.165) is 17.2 Å². The number of nitrogens with zero attached hydrogens (tertiary/aromatic N) is 4. The molecule has 0 radical (unpaired) electrons. The third-order valence-electron chi connectivity index (χ3n) is 4.78. The number of nitriles is 2. The van der Waals surface area contributed by atoms with Crippen molar-refractivity contribution in [2.45, 2.75) is 20.0 Å². The zero-order chi connectivity index (χ0) is 23.8. The SMILES string of the molecule is Cc1cc(C#N)cc(C)c1Oc1nc(Nc2ccc(C#N)cc2C(F)(F)F)nc2sccc12. The highest BCUT2D eigenvalue weighted by atomic mass is 32.1. The number of thiophene rings is 1. The Hall–Kier alpha value is -4.15. The maximum Gasteiger partial charge on any atom is 0.418 e. The van der Waals surface area contributed by atoms with E-state index < -0.39 is 11.7 Å². The van der Waals surface area contributed by atoms with Crippen LogP contribution in [-0.4, -0.2) is 9.97 Å². The molecule has 1 N–H and O–H groups in total. The minimum Gasteiger partial charge on any atom is -0.438 e. The van der Waals surface area contributed by atoms with Crippen molar-refractivity contribution in [2.75, 3.05) is 5.32 Å². The van der Waals surface area contributed by atoms with Crippen LogP contribution < -0.4 is 10.1 Å². The van der Waals surface area contributed by atoms with Crippen LogP contribution in [0.3, 0.4) is 0 Å². The van der Waals surface area contributed by atoms with Crippen LogP contribution in [0.5, 0.6) is 11.6 Å². The van der Waals surface area contributed by atoms with Crippen molar-refractivity contribution in [1.82, 2.24) is 9.97 Å². The first-order chi connectivity index (χ1) is 15.7. The van der Waals surface area contributed by atoms with Gasteiger partial charge in [0.15, 0.2) is 0 Å². The second-order valence-electron chi connectivity index (χ2n) is 7.14. The van der Waals surface area contributed by atoms with Gasteiger partial charge in [-0.1, -0.05) is 0 Å². The number of rotatable bonds is 4. The minimum atomic E-state index is -4.68. The van der Waals surface area contributed by atoms with Gasteiger partial charge < -0.3 is 10.1 Å². The van der Waals surface area contributed by atoms with Crippen LogP contribution >= 0.6 is 11.3 Å². The number of hydrogen-bond acceptors (Lipinski definition) is 7. The summed E-state index contributed by atoms with van der Waals surface area (Å²) in [6.07, 6.45) is -4.68. The van der Waals surface area contributed by atoms with Crippen molar-refractivity contribution in [2.24, 2.45) is 0 Å². The zero-order valence-electron chi connectivity index (χ0n) is 17.3. The molecule has 0 saturated carbocycles. The average Bonchev–Trinajstić information content (AvgIpc) is 3.24. The molecule has 0 aliphatic heterocycles. The smallest absolute Gasteiger partial charge is 0.418 e. The van der Waals surface area contributed by atoms with Crippen LogP contribution in [0.2, 0.25) is 0 Å². The summed E-state index contributed by atoms with van der Waals surface area (Å²) >= 11 is 1.29. The van der Waals surface area contributed by atoms with Crippen LogP contribution in [0, 0.1) is 36.5 Å².